The molecule has 7 heteroatoms. The molecule has 2 rings (SSSR count). The summed E-state index contributed by atoms with van der Waals surface area (Å²) in [4.78, 5) is 30.8. The lowest BCUT2D eigenvalue weighted by Gasteiger charge is -2.16. The van der Waals surface area contributed by atoms with Crippen LogP contribution in [-0.4, -0.2) is 27.7 Å². The minimum Gasteiger partial charge on any atom is -0.391 e. The third-order valence-electron chi connectivity index (χ3n) is 2.55. The van der Waals surface area contributed by atoms with Gasteiger partial charge in [0, 0.05) is 18.3 Å². The predicted molar refractivity (Wildman–Crippen MR) is 63.5 cm³/mol. The molecule has 0 radical (unpaired) electrons. The molecule has 0 spiro atoms. The van der Waals surface area contributed by atoms with Gasteiger partial charge in [0.15, 0.2) is 5.82 Å². The van der Waals surface area contributed by atoms with E-state index in [9.17, 15) is 9.59 Å². The van der Waals surface area contributed by atoms with E-state index in [0.29, 0.717) is 13.0 Å². The zero-order chi connectivity index (χ0) is 11.7. The van der Waals surface area contributed by atoms with Crippen molar-refractivity contribution in [1.29, 1.82) is 0 Å². The Labute approximate surface area is 100.0 Å². The van der Waals surface area contributed by atoms with Crippen LogP contribution in [0, 0.1) is 5.92 Å². The summed E-state index contributed by atoms with van der Waals surface area (Å²) >= 11 is 3.34. The number of nitrogens with zero attached hydrogens (tertiary/aromatic N) is 2. The Morgan fingerprint density at radius 2 is 2.38 bits per heavy atom. The maximum atomic E-state index is 11.7. The Kier molecular flexibility index (Phi) is 2.95. The third kappa shape index (κ3) is 1.82. The van der Waals surface area contributed by atoms with Crippen molar-refractivity contribution in [1.82, 2.24) is 9.97 Å². The zero-order valence-corrected chi connectivity index (χ0v) is 10.0. The number of nitrogen functional groups attached to an aromatic ring is 1. The highest BCUT2D eigenvalue weighted by atomic mass is 79.9. The second kappa shape index (κ2) is 4.25. The monoisotopic (exact) mass is 286 g/mol. The van der Waals surface area contributed by atoms with Crippen molar-refractivity contribution >= 4 is 33.3 Å². The van der Waals surface area contributed by atoms with Gasteiger partial charge in [-0.05, 0) is 5.92 Å². The number of hydrogen-bond donors (Lipinski definition) is 2. The molecule has 1 fully saturated rings. The Morgan fingerprint density at radius 1 is 1.62 bits per heavy atom. The van der Waals surface area contributed by atoms with Gasteiger partial charge in [0.05, 0.1) is 6.33 Å². The highest BCUT2D eigenvalue weighted by molar-refractivity contribution is 9.09. The third-order valence-corrected chi connectivity index (χ3v) is 3.46. The predicted octanol–water partition coefficient (Wildman–Crippen LogP) is 0.0999. The molecule has 1 aromatic heterocycles. The lowest BCUT2D eigenvalue weighted by Crippen LogP contribution is -2.29. The Morgan fingerprint density at radius 3 is 3.00 bits per heavy atom. The van der Waals surface area contributed by atoms with Crippen molar-refractivity contribution in [2.75, 3.05) is 22.5 Å². The molecule has 1 aromatic rings. The standard InChI is InChI=1S/C9H11BrN4O2/c10-2-5-1-6(15)14(3-5)8-7(11)9(16)13-4-12-8/h4-5H,1-3,11H2,(H,12,13,16). The summed E-state index contributed by atoms with van der Waals surface area (Å²) in [5.74, 6) is 0.458. The van der Waals surface area contributed by atoms with E-state index in [-0.39, 0.29) is 23.3 Å². The van der Waals surface area contributed by atoms with Crippen LogP contribution in [0.25, 0.3) is 0 Å². The highest BCUT2D eigenvalue weighted by Crippen LogP contribution is 2.26. The summed E-state index contributed by atoms with van der Waals surface area (Å²) in [6.07, 6.45) is 1.71. The number of halogens is 1. The van der Waals surface area contributed by atoms with Crippen molar-refractivity contribution in [3.63, 3.8) is 0 Å². The largest absolute Gasteiger partial charge is 0.391 e. The maximum Gasteiger partial charge on any atom is 0.276 e. The van der Waals surface area contributed by atoms with E-state index in [4.69, 9.17) is 5.73 Å². The molecular formula is C9H11BrN4O2. The van der Waals surface area contributed by atoms with E-state index in [1.54, 1.807) is 0 Å². The summed E-state index contributed by atoms with van der Waals surface area (Å²) in [6, 6.07) is 0. The lowest BCUT2D eigenvalue weighted by atomic mass is 10.2. The highest BCUT2D eigenvalue weighted by Gasteiger charge is 2.32. The van der Waals surface area contributed by atoms with Gasteiger partial charge in [-0.2, -0.15) is 0 Å². The van der Waals surface area contributed by atoms with Crippen molar-refractivity contribution in [3.05, 3.63) is 16.7 Å². The van der Waals surface area contributed by atoms with Crippen molar-refractivity contribution < 1.29 is 4.79 Å². The molecular weight excluding hydrogens is 276 g/mol. The molecule has 1 unspecified atom stereocenters. The number of hydrogen-bond acceptors (Lipinski definition) is 4. The SMILES string of the molecule is Nc1c(N2CC(CBr)CC2=O)nc[nH]c1=O. The smallest absolute Gasteiger partial charge is 0.276 e. The molecule has 0 bridgehead atoms. The van der Waals surface area contributed by atoms with E-state index in [0.717, 1.165) is 5.33 Å². The van der Waals surface area contributed by atoms with Gasteiger partial charge in [-0.3, -0.25) is 14.5 Å². The fraction of sp³-hybridized carbons (Fsp3) is 0.444. The molecule has 1 aliphatic heterocycles. The van der Waals surface area contributed by atoms with Crippen LogP contribution in [0.15, 0.2) is 11.1 Å². The van der Waals surface area contributed by atoms with Crippen molar-refractivity contribution in [2.45, 2.75) is 6.42 Å². The number of rotatable bonds is 2. The molecule has 1 saturated heterocycles. The van der Waals surface area contributed by atoms with Crippen LogP contribution in [0.1, 0.15) is 6.42 Å². The molecule has 1 aliphatic rings. The average molecular weight is 287 g/mol. The lowest BCUT2D eigenvalue weighted by molar-refractivity contribution is -0.117. The van der Waals surface area contributed by atoms with Gasteiger partial charge < -0.3 is 10.7 Å². The Bertz CT molecular complexity index is 473. The van der Waals surface area contributed by atoms with Gasteiger partial charge >= 0.3 is 0 Å². The first-order chi connectivity index (χ1) is 7.63. The van der Waals surface area contributed by atoms with Crippen LogP contribution >= 0.6 is 15.9 Å². The van der Waals surface area contributed by atoms with Gasteiger partial charge in [0.25, 0.3) is 5.56 Å². The molecule has 0 aliphatic carbocycles. The second-order valence-electron chi connectivity index (χ2n) is 3.70. The van der Waals surface area contributed by atoms with Crippen LogP contribution in [0.3, 0.4) is 0 Å². The molecule has 3 N–H and O–H groups in total. The number of anilines is 2. The van der Waals surface area contributed by atoms with Crippen molar-refractivity contribution in [2.24, 2.45) is 5.92 Å². The first-order valence-electron chi connectivity index (χ1n) is 4.83. The normalized spacial score (nSPS) is 20.4. The minimum absolute atomic E-state index is 0.00827. The molecule has 1 amide bonds. The van der Waals surface area contributed by atoms with E-state index in [1.165, 1.54) is 11.2 Å². The fourth-order valence-electron chi connectivity index (χ4n) is 1.71. The number of carbonyl (C=O) groups excluding carboxylic acids is 1. The molecule has 1 atom stereocenters. The van der Waals surface area contributed by atoms with Gasteiger partial charge in [-0.25, -0.2) is 4.98 Å². The van der Waals surface area contributed by atoms with E-state index in [1.807, 2.05) is 0 Å². The van der Waals surface area contributed by atoms with Crippen LogP contribution in [0.5, 0.6) is 0 Å². The molecule has 2 heterocycles. The van der Waals surface area contributed by atoms with Crippen molar-refractivity contribution in [3.8, 4) is 0 Å². The molecule has 0 saturated carbocycles. The average Bonchev–Trinajstić information content (AvgIpc) is 2.64. The van der Waals surface area contributed by atoms with Gasteiger partial charge in [0.2, 0.25) is 5.91 Å². The van der Waals surface area contributed by atoms with E-state index >= 15 is 0 Å². The Balaban J connectivity index is 2.35. The quantitative estimate of drug-likeness (QED) is 0.755. The zero-order valence-electron chi connectivity index (χ0n) is 8.44. The van der Waals surface area contributed by atoms with Crippen LogP contribution in [0.2, 0.25) is 0 Å². The van der Waals surface area contributed by atoms with Gasteiger partial charge in [-0.1, -0.05) is 15.9 Å². The Hall–Kier alpha value is -1.37. The summed E-state index contributed by atoms with van der Waals surface area (Å²) < 4.78 is 0. The number of H-pyrrole nitrogens is 1. The molecule has 6 nitrogen and oxygen atoms in total. The van der Waals surface area contributed by atoms with Crippen LogP contribution in [0.4, 0.5) is 11.5 Å². The minimum atomic E-state index is -0.417. The van der Waals surface area contributed by atoms with Crippen LogP contribution in [-0.2, 0) is 4.79 Å². The van der Waals surface area contributed by atoms with Crippen LogP contribution < -0.4 is 16.2 Å². The first kappa shape index (κ1) is 11.1. The second-order valence-corrected chi connectivity index (χ2v) is 4.35. The number of nitrogens with one attached hydrogen (secondary N) is 1. The first-order valence-corrected chi connectivity index (χ1v) is 5.95. The molecule has 0 aromatic carbocycles. The number of amides is 1. The number of aromatic nitrogens is 2. The topological polar surface area (TPSA) is 92.1 Å². The summed E-state index contributed by atoms with van der Waals surface area (Å²) in [5, 5.41) is 0.748. The number of carbonyl (C=O) groups is 1. The van der Waals surface area contributed by atoms with E-state index in [2.05, 4.69) is 25.9 Å². The number of alkyl halides is 1. The fourth-order valence-corrected chi connectivity index (χ4v) is 2.14. The molecule has 86 valence electrons. The molecule has 16 heavy (non-hydrogen) atoms. The summed E-state index contributed by atoms with van der Waals surface area (Å²) in [6.45, 7) is 0.546. The van der Waals surface area contributed by atoms with E-state index < -0.39 is 5.56 Å². The van der Waals surface area contributed by atoms with Gasteiger partial charge in [-0.15, -0.1) is 0 Å². The number of aromatic amines is 1. The number of nitrogens with two attached hydrogens (primary N) is 1. The summed E-state index contributed by atoms with van der Waals surface area (Å²) in [5.41, 5.74) is 5.17. The van der Waals surface area contributed by atoms with Gasteiger partial charge in [0.1, 0.15) is 5.69 Å². The summed E-state index contributed by atoms with van der Waals surface area (Å²) in [7, 11) is 0. The maximum absolute atomic E-state index is 11.7.